The molecule has 1 aliphatic heterocycles. The van der Waals surface area contributed by atoms with Crippen molar-refractivity contribution in [2.75, 3.05) is 39.8 Å². The Morgan fingerprint density at radius 1 is 1.04 bits per heavy atom. The monoisotopic (exact) mass is 350 g/mol. The summed E-state index contributed by atoms with van der Waals surface area (Å²) in [6, 6.07) is 8.63. The molecular formula is C20H26N6. The van der Waals surface area contributed by atoms with Gasteiger partial charge in [0.1, 0.15) is 6.33 Å². The van der Waals surface area contributed by atoms with Gasteiger partial charge in [0.15, 0.2) is 0 Å². The number of nitrogens with zero attached hydrogens (tertiary/aromatic N) is 6. The molecule has 0 unspecified atom stereocenters. The Bertz CT molecular complexity index is 826. The van der Waals surface area contributed by atoms with Gasteiger partial charge >= 0.3 is 0 Å². The zero-order chi connectivity index (χ0) is 17.9. The summed E-state index contributed by atoms with van der Waals surface area (Å²) < 4.78 is 4.22. The SMILES string of the molecule is Cc1ccc(-n2c(CCN3CCN(C)CC3)cnc2-n2ccnc2)cc1. The second-order valence-electron chi connectivity index (χ2n) is 7.09. The van der Waals surface area contributed by atoms with Gasteiger partial charge in [0.05, 0.1) is 6.20 Å². The highest BCUT2D eigenvalue weighted by Gasteiger charge is 2.17. The molecule has 0 saturated carbocycles. The van der Waals surface area contributed by atoms with E-state index in [1.807, 2.05) is 17.0 Å². The molecule has 1 aromatic carbocycles. The lowest BCUT2D eigenvalue weighted by atomic mass is 10.2. The lowest BCUT2D eigenvalue weighted by Gasteiger charge is -2.32. The molecule has 3 heterocycles. The number of aromatic nitrogens is 4. The molecule has 0 spiro atoms. The maximum Gasteiger partial charge on any atom is 0.219 e. The molecule has 0 radical (unpaired) electrons. The van der Waals surface area contributed by atoms with Gasteiger partial charge in [-0.3, -0.25) is 9.13 Å². The number of hydrogen-bond donors (Lipinski definition) is 0. The van der Waals surface area contributed by atoms with Gasteiger partial charge in [-0.25, -0.2) is 9.97 Å². The predicted octanol–water partition coefficient (Wildman–Crippen LogP) is 2.16. The predicted molar refractivity (Wildman–Crippen MR) is 103 cm³/mol. The van der Waals surface area contributed by atoms with Gasteiger partial charge in [-0.05, 0) is 26.1 Å². The van der Waals surface area contributed by atoms with E-state index >= 15 is 0 Å². The first-order chi connectivity index (χ1) is 12.7. The van der Waals surface area contributed by atoms with E-state index in [1.54, 1.807) is 12.5 Å². The van der Waals surface area contributed by atoms with Crippen LogP contribution in [0.2, 0.25) is 0 Å². The van der Waals surface area contributed by atoms with Crippen LogP contribution in [0, 0.1) is 6.92 Å². The van der Waals surface area contributed by atoms with Gasteiger partial charge < -0.3 is 9.80 Å². The Hall–Kier alpha value is -2.44. The van der Waals surface area contributed by atoms with E-state index in [4.69, 9.17) is 4.98 Å². The van der Waals surface area contributed by atoms with Crippen LogP contribution >= 0.6 is 0 Å². The minimum absolute atomic E-state index is 0.889. The van der Waals surface area contributed by atoms with Gasteiger partial charge in [-0.2, -0.15) is 0 Å². The number of aryl methyl sites for hydroxylation is 1. The van der Waals surface area contributed by atoms with Crippen LogP contribution in [0.3, 0.4) is 0 Å². The van der Waals surface area contributed by atoms with Gasteiger partial charge in [-0.15, -0.1) is 0 Å². The second kappa shape index (κ2) is 7.43. The zero-order valence-electron chi connectivity index (χ0n) is 15.5. The lowest BCUT2D eigenvalue weighted by Crippen LogP contribution is -2.45. The Balaban J connectivity index is 1.61. The van der Waals surface area contributed by atoms with Crippen LogP contribution in [0.4, 0.5) is 0 Å². The van der Waals surface area contributed by atoms with Crippen molar-refractivity contribution in [1.82, 2.24) is 28.9 Å². The van der Waals surface area contributed by atoms with Crippen molar-refractivity contribution in [3.63, 3.8) is 0 Å². The Labute approximate surface area is 154 Å². The third-order valence-corrected chi connectivity index (χ3v) is 5.12. The minimum Gasteiger partial charge on any atom is -0.304 e. The molecule has 6 nitrogen and oxygen atoms in total. The third-order valence-electron chi connectivity index (χ3n) is 5.12. The van der Waals surface area contributed by atoms with Crippen molar-refractivity contribution >= 4 is 0 Å². The number of likely N-dealkylation sites (N-methyl/N-ethyl adjacent to an activating group) is 1. The summed E-state index contributed by atoms with van der Waals surface area (Å²) >= 11 is 0. The summed E-state index contributed by atoms with van der Waals surface area (Å²) in [5, 5.41) is 0. The highest BCUT2D eigenvalue weighted by atomic mass is 15.3. The molecule has 26 heavy (non-hydrogen) atoms. The standard InChI is InChI=1S/C20H26N6/c1-17-3-5-18(6-4-17)26-19(7-9-24-13-11-23(2)12-14-24)15-22-20(26)25-10-8-21-16-25/h3-6,8,10,15-16H,7,9,11-14H2,1-2H3. The molecule has 1 fully saturated rings. The fourth-order valence-corrected chi connectivity index (χ4v) is 3.43. The summed E-state index contributed by atoms with van der Waals surface area (Å²) in [4.78, 5) is 13.8. The van der Waals surface area contributed by atoms with Gasteiger partial charge in [0, 0.05) is 62.9 Å². The average molecular weight is 350 g/mol. The van der Waals surface area contributed by atoms with Crippen molar-refractivity contribution in [2.24, 2.45) is 0 Å². The summed E-state index contributed by atoms with van der Waals surface area (Å²) in [5.41, 5.74) is 3.64. The number of rotatable bonds is 5. The molecule has 0 N–H and O–H groups in total. The molecule has 0 atom stereocenters. The van der Waals surface area contributed by atoms with Crippen LogP contribution < -0.4 is 0 Å². The van der Waals surface area contributed by atoms with Crippen LogP contribution in [0.5, 0.6) is 0 Å². The van der Waals surface area contributed by atoms with Crippen LogP contribution in [0.1, 0.15) is 11.3 Å². The van der Waals surface area contributed by atoms with Gasteiger partial charge in [-0.1, -0.05) is 17.7 Å². The third kappa shape index (κ3) is 3.57. The minimum atomic E-state index is 0.889. The summed E-state index contributed by atoms with van der Waals surface area (Å²) in [5.74, 6) is 0.889. The van der Waals surface area contributed by atoms with Crippen LogP contribution in [-0.2, 0) is 6.42 Å². The summed E-state index contributed by atoms with van der Waals surface area (Å²) in [7, 11) is 2.20. The van der Waals surface area contributed by atoms with E-state index in [0.29, 0.717) is 0 Å². The maximum absolute atomic E-state index is 4.69. The first kappa shape index (κ1) is 17.0. The molecule has 1 saturated heterocycles. The average Bonchev–Trinajstić information content (AvgIpc) is 3.31. The smallest absolute Gasteiger partial charge is 0.219 e. The van der Waals surface area contributed by atoms with Crippen molar-refractivity contribution in [2.45, 2.75) is 13.3 Å². The van der Waals surface area contributed by atoms with Crippen LogP contribution in [-0.4, -0.2) is 68.7 Å². The number of benzene rings is 1. The Morgan fingerprint density at radius 3 is 2.50 bits per heavy atom. The van der Waals surface area contributed by atoms with Crippen molar-refractivity contribution in [1.29, 1.82) is 0 Å². The first-order valence-electron chi connectivity index (χ1n) is 9.23. The van der Waals surface area contributed by atoms with Crippen LogP contribution in [0.25, 0.3) is 11.6 Å². The molecule has 0 amide bonds. The normalized spacial score (nSPS) is 16.2. The number of hydrogen-bond acceptors (Lipinski definition) is 4. The van der Waals surface area contributed by atoms with E-state index in [9.17, 15) is 0 Å². The quantitative estimate of drug-likeness (QED) is 0.707. The molecule has 3 aromatic rings. The van der Waals surface area contributed by atoms with Crippen molar-refractivity contribution in [3.05, 3.63) is 60.4 Å². The largest absolute Gasteiger partial charge is 0.304 e. The van der Waals surface area contributed by atoms with E-state index in [0.717, 1.165) is 50.8 Å². The topological polar surface area (TPSA) is 42.1 Å². The van der Waals surface area contributed by atoms with E-state index in [1.165, 1.54) is 11.3 Å². The van der Waals surface area contributed by atoms with E-state index in [2.05, 4.69) is 57.6 Å². The zero-order valence-corrected chi connectivity index (χ0v) is 15.5. The van der Waals surface area contributed by atoms with Gasteiger partial charge in [0.25, 0.3) is 0 Å². The van der Waals surface area contributed by atoms with Gasteiger partial charge in [0.2, 0.25) is 5.95 Å². The van der Waals surface area contributed by atoms with Crippen molar-refractivity contribution < 1.29 is 0 Å². The molecule has 0 bridgehead atoms. The highest BCUT2D eigenvalue weighted by Crippen LogP contribution is 2.19. The number of imidazole rings is 2. The van der Waals surface area contributed by atoms with Crippen molar-refractivity contribution in [3.8, 4) is 11.6 Å². The Kier molecular flexibility index (Phi) is 4.86. The summed E-state index contributed by atoms with van der Waals surface area (Å²) in [6.45, 7) is 7.76. The molecule has 0 aliphatic carbocycles. The van der Waals surface area contributed by atoms with E-state index < -0.39 is 0 Å². The fraction of sp³-hybridized carbons (Fsp3) is 0.400. The molecule has 2 aromatic heterocycles. The molecular weight excluding hydrogens is 324 g/mol. The Morgan fingerprint density at radius 2 is 1.81 bits per heavy atom. The maximum atomic E-state index is 4.69. The first-order valence-corrected chi connectivity index (χ1v) is 9.23. The lowest BCUT2D eigenvalue weighted by molar-refractivity contribution is 0.155. The molecule has 1 aliphatic rings. The van der Waals surface area contributed by atoms with Crippen LogP contribution in [0.15, 0.2) is 49.2 Å². The highest BCUT2D eigenvalue weighted by molar-refractivity contribution is 5.41. The number of piperazine rings is 1. The second-order valence-corrected chi connectivity index (χ2v) is 7.09. The molecule has 6 heteroatoms. The van der Waals surface area contributed by atoms with E-state index in [-0.39, 0.29) is 0 Å². The summed E-state index contributed by atoms with van der Waals surface area (Å²) in [6.07, 6.45) is 8.52. The molecule has 136 valence electrons. The molecule has 4 rings (SSSR count). The fourth-order valence-electron chi connectivity index (χ4n) is 3.43.